The number of rotatable bonds is 0. The molecule has 0 aromatic carbocycles. The maximum atomic E-state index is 11.7. The van der Waals surface area contributed by atoms with Gasteiger partial charge in [0.25, 0.3) is 0 Å². The van der Waals surface area contributed by atoms with E-state index in [4.69, 9.17) is 9.84 Å². The number of hydrogen-bond donors (Lipinski definition) is 1. The quantitative estimate of drug-likeness (QED) is 0.717. The summed E-state index contributed by atoms with van der Waals surface area (Å²) in [6, 6.07) is 0. The number of nitrogens with zero attached hydrogens (tertiary/aromatic N) is 2. The van der Waals surface area contributed by atoms with E-state index < -0.39 is 5.60 Å². The lowest BCUT2D eigenvalue weighted by Gasteiger charge is -2.35. The van der Waals surface area contributed by atoms with Crippen LogP contribution in [-0.2, 0) is 9.53 Å². The van der Waals surface area contributed by atoms with Crippen molar-refractivity contribution in [3.63, 3.8) is 0 Å². The molecule has 0 aromatic rings. The lowest BCUT2D eigenvalue weighted by molar-refractivity contribution is -0.130. The van der Waals surface area contributed by atoms with Crippen molar-refractivity contribution in [1.82, 2.24) is 9.80 Å². The molecule has 0 aromatic heterocycles. The van der Waals surface area contributed by atoms with Crippen LogP contribution in [0, 0.1) is 0 Å². The van der Waals surface area contributed by atoms with Gasteiger partial charge >= 0.3 is 6.09 Å². The van der Waals surface area contributed by atoms with Gasteiger partial charge in [-0.2, -0.15) is 0 Å². The van der Waals surface area contributed by atoms with E-state index in [2.05, 4.69) is 0 Å². The topological polar surface area (TPSA) is 70.1 Å². The first-order valence-electron chi connectivity index (χ1n) is 6.55. The van der Waals surface area contributed by atoms with E-state index in [1.807, 2.05) is 20.8 Å². The largest absolute Gasteiger partial charge is 0.444 e. The molecule has 19 heavy (non-hydrogen) atoms. The van der Waals surface area contributed by atoms with Crippen molar-refractivity contribution in [3.05, 3.63) is 0 Å². The minimum atomic E-state index is -0.463. The second-order valence-corrected chi connectivity index (χ2v) is 5.29. The van der Waals surface area contributed by atoms with Crippen molar-refractivity contribution >= 4 is 12.0 Å². The Bertz CT molecular complexity index is 292. The molecule has 1 fully saturated rings. The van der Waals surface area contributed by atoms with Gasteiger partial charge in [-0.05, 0) is 27.7 Å². The smallest absolute Gasteiger partial charge is 0.410 e. The maximum absolute atomic E-state index is 11.7. The summed E-state index contributed by atoms with van der Waals surface area (Å²) in [5, 5.41) is 7.57. The Kier molecular flexibility index (Phi) is 7.44. The Morgan fingerprint density at radius 3 is 1.79 bits per heavy atom. The average molecular weight is 274 g/mol. The van der Waals surface area contributed by atoms with Crippen LogP contribution in [0.4, 0.5) is 4.79 Å². The first-order valence-corrected chi connectivity index (χ1v) is 6.55. The molecule has 0 aliphatic carbocycles. The van der Waals surface area contributed by atoms with Crippen LogP contribution < -0.4 is 0 Å². The highest BCUT2D eigenvalue weighted by atomic mass is 16.6. The number of carbonyl (C=O) groups is 2. The molecule has 6 heteroatoms. The van der Waals surface area contributed by atoms with Crippen molar-refractivity contribution in [3.8, 4) is 0 Å². The fourth-order valence-electron chi connectivity index (χ4n) is 1.53. The van der Waals surface area contributed by atoms with Gasteiger partial charge in [0.05, 0.1) is 0 Å². The molecule has 0 saturated carbocycles. The zero-order valence-corrected chi connectivity index (χ0v) is 12.6. The zero-order chi connectivity index (χ0) is 15.1. The fraction of sp³-hybridized carbons (Fsp3) is 0.846. The molecule has 1 aliphatic heterocycles. The summed E-state index contributed by atoms with van der Waals surface area (Å²) < 4.78 is 5.26. The maximum Gasteiger partial charge on any atom is 0.410 e. The second kappa shape index (κ2) is 7.99. The molecule has 0 atom stereocenters. The third kappa shape index (κ3) is 7.66. The number of carbonyl (C=O) groups excluding carboxylic acids is 2. The van der Waals surface area contributed by atoms with Crippen LogP contribution in [0.3, 0.4) is 0 Å². The summed E-state index contributed by atoms with van der Waals surface area (Å²) in [4.78, 5) is 26.2. The highest BCUT2D eigenvalue weighted by molar-refractivity contribution is 5.74. The van der Waals surface area contributed by atoms with Gasteiger partial charge in [-0.25, -0.2) is 4.79 Å². The fourth-order valence-corrected chi connectivity index (χ4v) is 1.53. The summed E-state index contributed by atoms with van der Waals surface area (Å²) in [6.45, 7) is 11.3. The number of amides is 2. The zero-order valence-electron chi connectivity index (χ0n) is 12.6. The Morgan fingerprint density at radius 2 is 1.47 bits per heavy atom. The van der Waals surface area contributed by atoms with Gasteiger partial charge in [-0.15, -0.1) is 0 Å². The number of aliphatic hydroxyl groups excluding tert-OH is 1. The van der Waals surface area contributed by atoms with E-state index in [0.717, 1.165) is 0 Å². The molecule has 1 aliphatic rings. The molecule has 1 saturated heterocycles. The van der Waals surface area contributed by atoms with Gasteiger partial charge in [0.15, 0.2) is 0 Å². The Balaban J connectivity index is 0.000000982. The van der Waals surface area contributed by atoms with E-state index in [1.54, 1.807) is 23.6 Å². The third-order valence-electron chi connectivity index (χ3n) is 2.38. The van der Waals surface area contributed by atoms with Gasteiger partial charge in [0.2, 0.25) is 5.91 Å². The van der Waals surface area contributed by atoms with Crippen LogP contribution >= 0.6 is 0 Å². The Morgan fingerprint density at radius 1 is 1.11 bits per heavy atom. The van der Waals surface area contributed by atoms with Crippen molar-refractivity contribution < 1.29 is 19.4 Å². The normalized spacial score (nSPS) is 15.5. The van der Waals surface area contributed by atoms with Crippen LogP contribution in [-0.4, -0.2) is 65.3 Å². The van der Waals surface area contributed by atoms with Crippen molar-refractivity contribution in [1.29, 1.82) is 0 Å². The predicted octanol–water partition coefficient (Wildman–Crippen LogP) is 1.08. The molecule has 1 N–H and O–H groups in total. The first kappa shape index (κ1) is 17.7. The van der Waals surface area contributed by atoms with Crippen LogP contribution in [0.5, 0.6) is 0 Å². The molecule has 0 radical (unpaired) electrons. The lowest BCUT2D eigenvalue weighted by Crippen LogP contribution is -2.51. The van der Waals surface area contributed by atoms with E-state index in [-0.39, 0.29) is 18.6 Å². The van der Waals surface area contributed by atoms with Gasteiger partial charge in [-0.1, -0.05) is 0 Å². The van der Waals surface area contributed by atoms with Gasteiger partial charge in [-0.3, -0.25) is 4.79 Å². The molecule has 1 heterocycles. The summed E-state index contributed by atoms with van der Waals surface area (Å²) in [6.07, 6.45) is -0.296. The summed E-state index contributed by atoms with van der Waals surface area (Å²) in [5.41, 5.74) is -0.463. The number of hydrogen-bond acceptors (Lipinski definition) is 4. The molecule has 0 bridgehead atoms. The molecular formula is C13H26N2O4. The van der Waals surface area contributed by atoms with Gasteiger partial charge in [0, 0.05) is 39.7 Å². The molecule has 112 valence electrons. The first-order chi connectivity index (χ1) is 8.71. The van der Waals surface area contributed by atoms with Gasteiger partial charge < -0.3 is 19.6 Å². The summed E-state index contributed by atoms with van der Waals surface area (Å²) in [5.74, 6) is 0.0591. The standard InChI is InChI=1S/C11H20N2O3.C2H6O/c1-9(14)12-5-7-13(8-6-12)10(15)16-11(2,3)4;1-2-3/h5-8H2,1-4H3;3H,2H2,1H3. The lowest BCUT2D eigenvalue weighted by atomic mass is 10.2. The van der Waals surface area contributed by atoms with Crippen molar-refractivity contribution in [2.75, 3.05) is 32.8 Å². The molecule has 0 unspecified atom stereocenters. The molecule has 6 nitrogen and oxygen atoms in total. The van der Waals surface area contributed by atoms with E-state index in [0.29, 0.717) is 26.2 Å². The van der Waals surface area contributed by atoms with Crippen LogP contribution in [0.1, 0.15) is 34.6 Å². The predicted molar refractivity (Wildman–Crippen MR) is 72.8 cm³/mol. The summed E-state index contributed by atoms with van der Waals surface area (Å²) in [7, 11) is 0. The van der Waals surface area contributed by atoms with Crippen molar-refractivity contribution in [2.24, 2.45) is 0 Å². The minimum Gasteiger partial charge on any atom is -0.444 e. The molecular weight excluding hydrogens is 248 g/mol. The van der Waals surface area contributed by atoms with Crippen LogP contribution in [0.15, 0.2) is 0 Å². The monoisotopic (exact) mass is 274 g/mol. The van der Waals surface area contributed by atoms with Crippen LogP contribution in [0.25, 0.3) is 0 Å². The van der Waals surface area contributed by atoms with E-state index >= 15 is 0 Å². The van der Waals surface area contributed by atoms with Gasteiger partial charge in [0.1, 0.15) is 5.60 Å². The minimum absolute atomic E-state index is 0.0591. The molecule has 0 spiro atoms. The Hall–Kier alpha value is -1.30. The van der Waals surface area contributed by atoms with Crippen molar-refractivity contribution in [2.45, 2.75) is 40.2 Å². The average Bonchev–Trinajstić information content (AvgIpc) is 2.28. The Labute approximate surface area is 115 Å². The molecule has 1 rings (SSSR count). The summed E-state index contributed by atoms with van der Waals surface area (Å²) >= 11 is 0. The number of ether oxygens (including phenoxy) is 1. The highest BCUT2D eigenvalue weighted by Gasteiger charge is 2.26. The van der Waals surface area contributed by atoms with E-state index in [1.165, 1.54) is 0 Å². The third-order valence-corrected chi connectivity index (χ3v) is 2.38. The highest BCUT2D eigenvalue weighted by Crippen LogP contribution is 2.11. The molecule has 2 amide bonds. The van der Waals surface area contributed by atoms with E-state index in [9.17, 15) is 9.59 Å². The number of aliphatic hydroxyl groups is 1. The second-order valence-electron chi connectivity index (χ2n) is 5.29. The SMILES string of the molecule is CC(=O)N1CCN(C(=O)OC(C)(C)C)CC1.CCO. The number of piperazine rings is 1. The van der Waals surface area contributed by atoms with Crippen LogP contribution in [0.2, 0.25) is 0 Å².